The summed E-state index contributed by atoms with van der Waals surface area (Å²) in [6.45, 7) is 7.07. The molecule has 0 unspecified atom stereocenters. The number of aryl methyl sites for hydroxylation is 1. The molecule has 112 valence electrons. The first kappa shape index (κ1) is 15.8. The smallest absolute Gasteiger partial charge is 0.133 e. The van der Waals surface area contributed by atoms with Crippen molar-refractivity contribution in [3.8, 4) is 0 Å². The van der Waals surface area contributed by atoms with Gasteiger partial charge in [-0.2, -0.15) is 0 Å². The molecule has 0 aliphatic heterocycles. The van der Waals surface area contributed by atoms with Gasteiger partial charge in [-0.3, -0.25) is 0 Å². The fourth-order valence-corrected chi connectivity index (χ4v) is 2.72. The van der Waals surface area contributed by atoms with Gasteiger partial charge in [0.1, 0.15) is 22.5 Å². The molecule has 5 heteroatoms. The summed E-state index contributed by atoms with van der Waals surface area (Å²) in [5.74, 6) is 1.50. The Hall–Kier alpha value is -1.62. The van der Waals surface area contributed by atoms with Crippen LogP contribution in [-0.2, 0) is 6.42 Å². The van der Waals surface area contributed by atoms with Crippen LogP contribution >= 0.6 is 11.8 Å². The molecular formula is C16H20FN3S. The molecule has 0 fully saturated rings. The van der Waals surface area contributed by atoms with Crippen molar-refractivity contribution in [2.75, 3.05) is 11.9 Å². The van der Waals surface area contributed by atoms with E-state index in [0.29, 0.717) is 0 Å². The summed E-state index contributed by atoms with van der Waals surface area (Å²) in [6.07, 6.45) is 1.84. The van der Waals surface area contributed by atoms with Gasteiger partial charge >= 0.3 is 0 Å². The van der Waals surface area contributed by atoms with Gasteiger partial charge < -0.3 is 5.32 Å². The van der Waals surface area contributed by atoms with E-state index in [-0.39, 0.29) is 5.82 Å². The fourth-order valence-electron chi connectivity index (χ4n) is 1.83. The molecule has 3 nitrogen and oxygen atoms in total. The molecule has 0 amide bonds. The highest BCUT2D eigenvalue weighted by atomic mass is 32.2. The number of halogens is 1. The number of hydrogen-bond acceptors (Lipinski definition) is 4. The number of nitrogens with one attached hydrogen (secondary N) is 1. The molecule has 0 bridgehead atoms. The average molecular weight is 305 g/mol. The Kier molecular flexibility index (Phi) is 5.56. The molecule has 1 aromatic carbocycles. The van der Waals surface area contributed by atoms with Crippen molar-refractivity contribution in [2.45, 2.75) is 43.5 Å². The predicted octanol–water partition coefficient (Wildman–Crippen LogP) is 4.46. The largest absolute Gasteiger partial charge is 0.370 e. The zero-order chi connectivity index (χ0) is 15.2. The van der Waals surface area contributed by atoms with Gasteiger partial charge in [0.2, 0.25) is 0 Å². The van der Waals surface area contributed by atoms with E-state index in [4.69, 9.17) is 0 Å². The SMILES string of the molecule is CCCNc1nc(CC)nc(Sc2ccc(F)cc2)c1C. The standard InChI is InChI=1S/C16H20FN3S/c1-4-10-18-15-11(3)16(20-14(5-2)19-15)21-13-8-6-12(17)7-9-13/h6-9H,4-5,10H2,1-3H3,(H,18,19,20). The molecule has 1 heterocycles. The quantitative estimate of drug-likeness (QED) is 0.800. The van der Waals surface area contributed by atoms with Crippen LogP contribution in [0.3, 0.4) is 0 Å². The molecule has 0 radical (unpaired) electrons. The number of anilines is 1. The summed E-state index contributed by atoms with van der Waals surface area (Å²) in [6, 6.07) is 6.48. The molecule has 0 spiro atoms. The van der Waals surface area contributed by atoms with Gasteiger partial charge in [0.05, 0.1) is 0 Å². The lowest BCUT2D eigenvalue weighted by molar-refractivity contribution is 0.626. The van der Waals surface area contributed by atoms with Crippen molar-refractivity contribution in [2.24, 2.45) is 0 Å². The van der Waals surface area contributed by atoms with E-state index >= 15 is 0 Å². The van der Waals surface area contributed by atoms with Crippen molar-refractivity contribution in [1.82, 2.24) is 9.97 Å². The lowest BCUT2D eigenvalue weighted by Crippen LogP contribution is -2.08. The van der Waals surface area contributed by atoms with Crippen LogP contribution in [-0.4, -0.2) is 16.5 Å². The minimum absolute atomic E-state index is 0.224. The van der Waals surface area contributed by atoms with E-state index in [1.807, 2.05) is 13.8 Å². The van der Waals surface area contributed by atoms with E-state index in [1.165, 1.54) is 12.1 Å². The van der Waals surface area contributed by atoms with Crippen LogP contribution in [0.4, 0.5) is 10.2 Å². The fraction of sp³-hybridized carbons (Fsp3) is 0.375. The minimum Gasteiger partial charge on any atom is -0.370 e. The summed E-state index contributed by atoms with van der Waals surface area (Å²) in [5.41, 5.74) is 1.04. The summed E-state index contributed by atoms with van der Waals surface area (Å²) < 4.78 is 13.0. The average Bonchev–Trinajstić information content (AvgIpc) is 2.50. The lowest BCUT2D eigenvalue weighted by Gasteiger charge is -2.13. The normalized spacial score (nSPS) is 10.7. The van der Waals surface area contributed by atoms with E-state index in [9.17, 15) is 4.39 Å². The Morgan fingerprint density at radius 1 is 1.14 bits per heavy atom. The number of benzene rings is 1. The molecular weight excluding hydrogens is 285 g/mol. The Balaban J connectivity index is 2.30. The Morgan fingerprint density at radius 2 is 1.86 bits per heavy atom. The third-order valence-electron chi connectivity index (χ3n) is 3.03. The molecule has 0 aliphatic carbocycles. The van der Waals surface area contributed by atoms with Crippen molar-refractivity contribution in [3.63, 3.8) is 0 Å². The second-order valence-electron chi connectivity index (χ2n) is 4.75. The zero-order valence-electron chi connectivity index (χ0n) is 12.6. The second-order valence-corrected chi connectivity index (χ2v) is 5.82. The van der Waals surface area contributed by atoms with Crippen LogP contribution in [0.2, 0.25) is 0 Å². The lowest BCUT2D eigenvalue weighted by atomic mass is 10.3. The molecule has 0 atom stereocenters. The van der Waals surface area contributed by atoms with Gasteiger partial charge in [-0.25, -0.2) is 14.4 Å². The van der Waals surface area contributed by atoms with Crippen LogP contribution in [0.5, 0.6) is 0 Å². The first-order valence-electron chi connectivity index (χ1n) is 7.18. The second kappa shape index (κ2) is 7.41. The maximum Gasteiger partial charge on any atom is 0.133 e. The zero-order valence-corrected chi connectivity index (χ0v) is 13.4. The molecule has 0 saturated carbocycles. The first-order valence-corrected chi connectivity index (χ1v) is 8.00. The van der Waals surface area contributed by atoms with Gasteiger partial charge in [0.15, 0.2) is 0 Å². The van der Waals surface area contributed by atoms with Crippen LogP contribution in [0, 0.1) is 12.7 Å². The van der Waals surface area contributed by atoms with Crippen LogP contribution in [0.25, 0.3) is 0 Å². The maximum absolute atomic E-state index is 13.0. The molecule has 0 saturated heterocycles. The number of rotatable bonds is 6. The van der Waals surface area contributed by atoms with Gasteiger partial charge in [-0.15, -0.1) is 0 Å². The highest BCUT2D eigenvalue weighted by Crippen LogP contribution is 2.31. The summed E-state index contributed by atoms with van der Waals surface area (Å²) >= 11 is 1.54. The summed E-state index contributed by atoms with van der Waals surface area (Å²) in [5, 5.41) is 4.27. The van der Waals surface area contributed by atoms with Crippen LogP contribution in [0.1, 0.15) is 31.7 Å². The molecule has 21 heavy (non-hydrogen) atoms. The molecule has 2 aromatic rings. The Bertz CT molecular complexity index is 599. The summed E-state index contributed by atoms with van der Waals surface area (Å²) in [7, 11) is 0. The van der Waals surface area contributed by atoms with E-state index in [2.05, 4.69) is 22.2 Å². The van der Waals surface area contributed by atoms with Crippen molar-refractivity contribution >= 4 is 17.6 Å². The van der Waals surface area contributed by atoms with E-state index in [1.54, 1.807) is 23.9 Å². The van der Waals surface area contributed by atoms with Crippen LogP contribution in [0.15, 0.2) is 34.2 Å². The first-order chi connectivity index (χ1) is 10.1. The molecule has 2 rings (SSSR count). The Labute approximate surface area is 129 Å². The number of aromatic nitrogens is 2. The van der Waals surface area contributed by atoms with Crippen molar-refractivity contribution < 1.29 is 4.39 Å². The topological polar surface area (TPSA) is 37.8 Å². The number of hydrogen-bond donors (Lipinski definition) is 1. The molecule has 0 aliphatic rings. The third-order valence-corrected chi connectivity index (χ3v) is 4.13. The van der Waals surface area contributed by atoms with Gasteiger partial charge in [-0.1, -0.05) is 25.6 Å². The third kappa shape index (κ3) is 4.17. The van der Waals surface area contributed by atoms with Crippen molar-refractivity contribution in [1.29, 1.82) is 0 Å². The number of nitrogens with zero attached hydrogens (tertiary/aromatic N) is 2. The maximum atomic E-state index is 13.0. The predicted molar refractivity (Wildman–Crippen MR) is 85.5 cm³/mol. The van der Waals surface area contributed by atoms with Gasteiger partial charge in [-0.05, 0) is 37.6 Å². The van der Waals surface area contributed by atoms with E-state index in [0.717, 1.165) is 46.5 Å². The molecule has 1 N–H and O–H groups in total. The van der Waals surface area contributed by atoms with Gasteiger partial charge in [0, 0.05) is 23.4 Å². The highest BCUT2D eigenvalue weighted by Gasteiger charge is 2.11. The summed E-state index contributed by atoms with van der Waals surface area (Å²) in [4.78, 5) is 10.1. The minimum atomic E-state index is -0.224. The van der Waals surface area contributed by atoms with E-state index < -0.39 is 0 Å². The van der Waals surface area contributed by atoms with Crippen LogP contribution < -0.4 is 5.32 Å². The monoisotopic (exact) mass is 305 g/mol. The Morgan fingerprint density at radius 3 is 2.48 bits per heavy atom. The highest BCUT2D eigenvalue weighted by molar-refractivity contribution is 7.99. The van der Waals surface area contributed by atoms with Gasteiger partial charge in [0.25, 0.3) is 0 Å². The molecule has 1 aromatic heterocycles. The van der Waals surface area contributed by atoms with Crippen molar-refractivity contribution in [3.05, 3.63) is 41.5 Å².